The van der Waals surface area contributed by atoms with Crippen LogP contribution in [0.5, 0.6) is 11.5 Å². The Morgan fingerprint density at radius 1 is 1.00 bits per heavy atom. The van der Waals surface area contributed by atoms with Crippen molar-refractivity contribution in [2.24, 2.45) is 0 Å². The van der Waals surface area contributed by atoms with Gasteiger partial charge in [-0.2, -0.15) is 0 Å². The van der Waals surface area contributed by atoms with Crippen molar-refractivity contribution < 1.29 is 28.2 Å². The van der Waals surface area contributed by atoms with E-state index in [2.05, 4.69) is 5.32 Å². The van der Waals surface area contributed by atoms with E-state index in [0.29, 0.717) is 28.3 Å². The minimum Gasteiger partial charge on any atom is -0.493 e. The van der Waals surface area contributed by atoms with E-state index < -0.39 is 11.1 Å². The molecule has 190 valence electrons. The summed E-state index contributed by atoms with van der Waals surface area (Å²) in [5, 5.41) is 2.40. The number of ether oxygens (including phenoxy) is 2. The number of imide groups is 1. The third kappa shape index (κ3) is 6.37. The number of anilines is 1. The number of nitrogens with one attached hydrogen (secondary N) is 1. The molecule has 4 rings (SSSR count). The second-order valence-corrected chi connectivity index (χ2v) is 9.43. The number of nitrogens with zero attached hydrogens (tertiary/aromatic N) is 1. The van der Waals surface area contributed by atoms with Crippen molar-refractivity contribution in [1.29, 1.82) is 0 Å². The van der Waals surface area contributed by atoms with E-state index >= 15 is 0 Å². The average molecular weight is 521 g/mol. The van der Waals surface area contributed by atoms with Crippen LogP contribution < -0.4 is 14.8 Å². The Labute approximate surface area is 218 Å². The van der Waals surface area contributed by atoms with Crippen LogP contribution in [0.4, 0.5) is 14.9 Å². The molecule has 0 bridgehead atoms. The fourth-order valence-corrected chi connectivity index (χ4v) is 4.45. The van der Waals surface area contributed by atoms with Crippen LogP contribution in [0.3, 0.4) is 0 Å². The van der Waals surface area contributed by atoms with Gasteiger partial charge < -0.3 is 14.8 Å². The Kier molecular flexibility index (Phi) is 7.93. The number of hydrogen-bond donors (Lipinski definition) is 1. The molecule has 0 saturated carbocycles. The molecule has 1 aliphatic heterocycles. The topological polar surface area (TPSA) is 84.9 Å². The van der Waals surface area contributed by atoms with Crippen LogP contribution in [-0.2, 0) is 16.1 Å². The summed E-state index contributed by atoms with van der Waals surface area (Å²) in [6.07, 6.45) is 1.59. The molecule has 1 saturated heterocycles. The van der Waals surface area contributed by atoms with Gasteiger partial charge in [0.1, 0.15) is 5.82 Å². The fraction of sp³-hybridized carbons (Fsp3) is 0.179. The molecule has 3 aromatic rings. The second-order valence-electron chi connectivity index (χ2n) is 8.44. The molecule has 1 N–H and O–H groups in total. The normalized spacial score (nSPS) is 14.3. The van der Waals surface area contributed by atoms with Crippen LogP contribution in [0, 0.1) is 19.7 Å². The van der Waals surface area contributed by atoms with Crippen molar-refractivity contribution in [3.8, 4) is 11.5 Å². The number of rotatable bonds is 8. The van der Waals surface area contributed by atoms with E-state index in [0.717, 1.165) is 27.8 Å². The largest absolute Gasteiger partial charge is 0.493 e. The second kappa shape index (κ2) is 11.3. The zero-order chi connectivity index (χ0) is 26.5. The Morgan fingerprint density at radius 3 is 2.46 bits per heavy atom. The summed E-state index contributed by atoms with van der Waals surface area (Å²) < 4.78 is 24.2. The van der Waals surface area contributed by atoms with Gasteiger partial charge in [0.05, 0.1) is 18.6 Å². The summed E-state index contributed by atoms with van der Waals surface area (Å²) >= 11 is 0.833. The number of amides is 3. The highest BCUT2D eigenvalue weighted by Crippen LogP contribution is 2.35. The van der Waals surface area contributed by atoms with Crippen molar-refractivity contribution in [3.05, 3.63) is 93.6 Å². The van der Waals surface area contributed by atoms with Crippen molar-refractivity contribution in [2.45, 2.75) is 20.4 Å². The third-order valence-corrected chi connectivity index (χ3v) is 6.67. The lowest BCUT2D eigenvalue weighted by molar-refractivity contribution is -0.123. The first-order chi connectivity index (χ1) is 17.7. The Morgan fingerprint density at radius 2 is 1.76 bits per heavy atom. The summed E-state index contributed by atoms with van der Waals surface area (Å²) in [6, 6.07) is 16.3. The molecule has 3 aromatic carbocycles. The first-order valence-corrected chi connectivity index (χ1v) is 12.2. The lowest BCUT2D eigenvalue weighted by atomic mass is 10.1. The molecule has 0 aromatic heterocycles. The van der Waals surface area contributed by atoms with Crippen LogP contribution in [-0.4, -0.2) is 35.7 Å². The molecular formula is C28H25FN2O5S. The number of carbonyl (C=O) groups excluding carboxylic acids is 3. The predicted molar refractivity (Wildman–Crippen MR) is 141 cm³/mol. The van der Waals surface area contributed by atoms with Crippen LogP contribution in [0.1, 0.15) is 22.3 Å². The number of hydrogen-bond acceptors (Lipinski definition) is 6. The van der Waals surface area contributed by atoms with Crippen LogP contribution in [0.15, 0.2) is 65.6 Å². The van der Waals surface area contributed by atoms with Gasteiger partial charge in [-0.15, -0.1) is 0 Å². The molecule has 3 amide bonds. The van der Waals surface area contributed by atoms with Crippen LogP contribution in [0.25, 0.3) is 6.08 Å². The zero-order valence-corrected chi connectivity index (χ0v) is 21.4. The van der Waals surface area contributed by atoms with E-state index in [4.69, 9.17) is 9.47 Å². The molecule has 9 heteroatoms. The van der Waals surface area contributed by atoms with E-state index in [9.17, 15) is 18.8 Å². The van der Waals surface area contributed by atoms with Gasteiger partial charge in [-0.25, -0.2) is 4.39 Å². The average Bonchev–Trinajstić information content (AvgIpc) is 3.13. The van der Waals surface area contributed by atoms with Crippen molar-refractivity contribution in [1.82, 2.24) is 4.90 Å². The van der Waals surface area contributed by atoms with Crippen LogP contribution in [0.2, 0.25) is 0 Å². The number of methoxy groups -OCH3 is 1. The van der Waals surface area contributed by atoms with E-state index in [-0.39, 0.29) is 29.8 Å². The molecule has 0 atom stereocenters. The highest BCUT2D eigenvalue weighted by Gasteiger charge is 2.35. The van der Waals surface area contributed by atoms with E-state index in [1.807, 2.05) is 32.0 Å². The molecule has 0 spiro atoms. The van der Waals surface area contributed by atoms with E-state index in [1.165, 1.54) is 31.4 Å². The monoisotopic (exact) mass is 520 g/mol. The summed E-state index contributed by atoms with van der Waals surface area (Å²) in [5.41, 5.74) is 4.17. The lowest BCUT2D eigenvalue weighted by Gasteiger charge is -2.13. The molecule has 0 aliphatic carbocycles. The number of thioether (sulfide) groups is 1. The molecule has 1 fully saturated rings. The van der Waals surface area contributed by atoms with Gasteiger partial charge in [0.25, 0.3) is 17.1 Å². The highest BCUT2D eigenvalue weighted by molar-refractivity contribution is 8.18. The summed E-state index contributed by atoms with van der Waals surface area (Å²) in [4.78, 5) is 39.0. The molecule has 0 radical (unpaired) electrons. The quantitative estimate of drug-likeness (QED) is 0.383. The summed E-state index contributed by atoms with van der Waals surface area (Å²) in [6.45, 7) is 3.81. The Bertz CT molecular complexity index is 1390. The summed E-state index contributed by atoms with van der Waals surface area (Å²) in [7, 11) is 1.47. The molecular weight excluding hydrogens is 495 g/mol. The number of halogens is 1. The smallest absolute Gasteiger partial charge is 0.293 e. The van der Waals surface area contributed by atoms with Gasteiger partial charge in [0.15, 0.2) is 18.1 Å². The first-order valence-electron chi connectivity index (χ1n) is 11.4. The SMILES string of the molecule is COc1cc(/C=C2\SC(=O)N(Cc3ccc(F)cc3)C2=O)ccc1OCC(=O)Nc1ccc(C)c(C)c1. The lowest BCUT2D eigenvalue weighted by Crippen LogP contribution is -2.27. The van der Waals surface area contributed by atoms with Crippen LogP contribution >= 0.6 is 11.8 Å². The molecule has 1 aliphatic rings. The fourth-order valence-electron chi connectivity index (χ4n) is 3.61. The highest BCUT2D eigenvalue weighted by atomic mass is 32.2. The van der Waals surface area contributed by atoms with Gasteiger partial charge in [-0.3, -0.25) is 19.3 Å². The molecule has 7 nitrogen and oxygen atoms in total. The van der Waals surface area contributed by atoms with Crippen molar-refractivity contribution in [3.63, 3.8) is 0 Å². The standard InChI is InChI=1S/C28H25FN2O5S/c1-17-4-10-22(12-18(17)2)30-26(32)16-36-23-11-7-20(13-24(23)35-3)14-25-27(33)31(28(34)37-25)15-19-5-8-21(29)9-6-19/h4-14H,15-16H2,1-3H3,(H,30,32)/b25-14-. The van der Waals surface area contributed by atoms with Crippen molar-refractivity contribution in [2.75, 3.05) is 19.0 Å². The maximum Gasteiger partial charge on any atom is 0.293 e. The number of aryl methyl sites for hydroxylation is 2. The summed E-state index contributed by atoms with van der Waals surface area (Å²) in [5.74, 6) is -0.399. The van der Waals surface area contributed by atoms with E-state index in [1.54, 1.807) is 24.3 Å². The number of carbonyl (C=O) groups is 3. The Balaban J connectivity index is 1.41. The first kappa shape index (κ1) is 26.0. The minimum absolute atomic E-state index is 0.0581. The molecule has 37 heavy (non-hydrogen) atoms. The maximum absolute atomic E-state index is 13.2. The zero-order valence-electron chi connectivity index (χ0n) is 20.5. The van der Waals surface area contributed by atoms with Gasteiger partial charge in [0, 0.05) is 5.69 Å². The molecule has 0 unspecified atom stereocenters. The Hall–Kier alpha value is -4.11. The van der Waals surface area contributed by atoms with Gasteiger partial charge in [-0.05, 0) is 90.3 Å². The van der Waals surface area contributed by atoms with Gasteiger partial charge >= 0.3 is 0 Å². The maximum atomic E-state index is 13.2. The predicted octanol–water partition coefficient (Wildman–Crippen LogP) is 5.71. The van der Waals surface area contributed by atoms with Gasteiger partial charge in [-0.1, -0.05) is 24.3 Å². The minimum atomic E-state index is -0.429. The molecule has 1 heterocycles. The van der Waals surface area contributed by atoms with Gasteiger partial charge in [0.2, 0.25) is 0 Å². The number of benzene rings is 3. The van der Waals surface area contributed by atoms with Crippen molar-refractivity contribution >= 4 is 40.6 Å². The third-order valence-electron chi connectivity index (χ3n) is 5.76.